The summed E-state index contributed by atoms with van der Waals surface area (Å²) in [7, 11) is 1.33. The Hall–Kier alpha value is -2.11. The van der Waals surface area contributed by atoms with Gasteiger partial charge in [0.25, 0.3) is 0 Å². The Kier molecular flexibility index (Phi) is 5.80. The van der Waals surface area contributed by atoms with Gasteiger partial charge in [-0.3, -0.25) is 4.79 Å². The van der Waals surface area contributed by atoms with Crippen molar-refractivity contribution < 1.29 is 19.1 Å². The van der Waals surface area contributed by atoms with E-state index in [1.165, 1.54) is 7.11 Å². The molecule has 0 aromatic carbocycles. The number of anilines is 1. The summed E-state index contributed by atoms with van der Waals surface area (Å²) in [6.45, 7) is 5.68. The Labute approximate surface area is 142 Å². The molecule has 1 N–H and O–H groups in total. The quantitative estimate of drug-likeness (QED) is 0.852. The highest BCUT2D eigenvalue weighted by atomic mass is 16.6. The van der Waals surface area contributed by atoms with Crippen LogP contribution in [0.1, 0.15) is 56.9 Å². The fourth-order valence-electron chi connectivity index (χ4n) is 2.80. The molecule has 1 saturated carbocycles. The Morgan fingerprint density at radius 2 is 1.83 bits per heavy atom. The Morgan fingerprint density at radius 3 is 2.33 bits per heavy atom. The largest absolute Gasteiger partial charge is 0.464 e. The molecule has 0 atom stereocenters. The number of methoxy groups -OCH3 is 1. The number of hydrogen-bond donors (Lipinski definition) is 1. The number of carbonyl (C=O) groups excluding carboxylic acids is 2. The van der Waals surface area contributed by atoms with E-state index >= 15 is 0 Å². The fraction of sp³-hybridized carbons (Fsp3) is 0.611. The maximum Gasteiger partial charge on any atom is 0.356 e. The SMILES string of the molecule is COC(=O)c1ccc(NC2CCC(C(=O)OC(C)(C)C)CC2)cn1. The van der Waals surface area contributed by atoms with Gasteiger partial charge in [0.2, 0.25) is 0 Å². The first-order valence-corrected chi connectivity index (χ1v) is 8.32. The van der Waals surface area contributed by atoms with Gasteiger partial charge in [-0.25, -0.2) is 9.78 Å². The molecule has 132 valence electrons. The third-order valence-corrected chi connectivity index (χ3v) is 4.00. The molecule has 1 aliphatic carbocycles. The van der Waals surface area contributed by atoms with Gasteiger partial charge in [0.1, 0.15) is 11.3 Å². The number of nitrogens with one attached hydrogen (secondary N) is 1. The number of pyridine rings is 1. The molecular formula is C18H26N2O4. The minimum Gasteiger partial charge on any atom is -0.464 e. The maximum atomic E-state index is 12.1. The number of rotatable bonds is 4. The number of carbonyl (C=O) groups is 2. The van der Waals surface area contributed by atoms with Gasteiger partial charge in [-0.05, 0) is 58.6 Å². The van der Waals surface area contributed by atoms with E-state index in [0.717, 1.165) is 31.4 Å². The van der Waals surface area contributed by atoms with Gasteiger partial charge < -0.3 is 14.8 Å². The zero-order chi connectivity index (χ0) is 17.7. The van der Waals surface area contributed by atoms with Crippen molar-refractivity contribution in [1.82, 2.24) is 4.98 Å². The number of aromatic nitrogens is 1. The minimum atomic E-state index is -0.445. The molecular weight excluding hydrogens is 308 g/mol. The standard InChI is InChI=1S/C18H26N2O4/c1-18(2,3)24-16(21)12-5-7-13(8-6-12)20-14-9-10-15(19-11-14)17(22)23-4/h9-13,20H,5-8H2,1-4H3. The number of nitrogens with zero attached hydrogens (tertiary/aromatic N) is 1. The van der Waals surface area contributed by atoms with Gasteiger partial charge in [-0.2, -0.15) is 0 Å². The summed E-state index contributed by atoms with van der Waals surface area (Å²) in [4.78, 5) is 27.6. The first-order chi connectivity index (χ1) is 11.3. The summed E-state index contributed by atoms with van der Waals surface area (Å²) in [5, 5.41) is 3.41. The van der Waals surface area contributed by atoms with Gasteiger partial charge in [0.15, 0.2) is 0 Å². The lowest BCUT2D eigenvalue weighted by Gasteiger charge is -2.30. The smallest absolute Gasteiger partial charge is 0.356 e. The molecule has 1 aliphatic rings. The van der Waals surface area contributed by atoms with Crippen molar-refractivity contribution in [2.45, 2.75) is 58.1 Å². The van der Waals surface area contributed by atoms with Crippen molar-refractivity contribution >= 4 is 17.6 Å². The van der Waals surface area contributed by atoms with Crippen LogP contribution in [0.2, 0.25) is 0 Å². The highest BCUT2D eigenvalue weighted by molar-refractivity contribution is 5.87. The number of hydrogen-bond acceptors (Lipinski definition) is 6. The molecule has 1 aromatic heterocycles. The lowest BCUT2D eigenvalue weighted by atomic mass is 9.86. The van der Waals surface area contributed by atoms with Gasteiger partial charge >= 0.3 is 11.9 Å². The highest BCUT2D eigenvalue weighted by Gasteiger charge is 2.29. The van der Waals surface area contributed by atoms with Crippen LogP contribution in [0.15, 0.2) is 18.3 Å². The third kappa shape index (κ3) is 5.22. The maximum absolute atomic E-state index is 12.1. The van der Waals surface area contributed by atoms with Gasteiger partial charge in [-0.15, -0.1) is 0 Å². The van der Waals surface area contributed by atoms with Crippen molar-refractivity contribution in [2.75, 3.05) is 12.4 Å². The minimum absolute atomic E-state index is 0.0119. The summed E-state index contributed by atoms with van der Waals surface area (Å²) in [6.07, 6.45) is 5.08. The van der Waals surface area contributed by atoms with Crippen molar-refractivity contribution in [3.05, 3.63) is 24.0 Å². The van der Waals surface area contributed by atoms with Crippen LogP contribution in [0.4, 0.5) is 5.69 Å². The summed E-state index contributed by atoms with van der Waals surface area (Å²) in [6, 6.07) is 3.76. The molecule has 0 saturated heterocycles. The highest BCUT2D eigenvalue weighted by Crippen LogP contribution is 2.28. The predicted octanol–water partition coefficient (Wildman–Crippen LogP) is 3.18. The Bertz CT molecular complexity index is 570. The van der Waals surface area contributed by atoms with Gasteiger partial charge in [-0.1, -0.05) is 0 Å². The number of esters is 2. The Morgan fingerprint density at radius 1 is 1.17 bits per heavy atom. The topological polar surface area (TPSA) is 77.5 Å². The van der Waals surface area contributed by atoms with E-state index < -0.39 is 11.6 Å². The van der Waals surface area contributed by atoms with E-state index in [2.05, 4.69) is 15.0 Å². The van der Waals surface area contributed by atoms with Gasteiger partial charge in [0.05, 0.1) is 24.9 Å². The van der Waals surface area contributed by atoms with Crippen molar-refractivity contribution in [1.29, 1.82) is 0 Å². The lowest BCUT2D eigenvalue weighted by Crippen LogP contribution is -2.33. The van der Waals surface area contributed by atoms with Crippen LogP contribution in [0, 0.1) is 5.92 Å². The lowest BCUT2D eigenvalue weighted by molar-refractivity contribution is -0.161. The molecule has 1 heterocycles. The summed E-state index contributed by atoms with van der Waals surface area (Å²) < 4.78 is 10.1. The molecule has 0 unspecified atom stereocenters. The zero-order valence-electron chi connectivity index (χ0n) is 14.8. The average molecular weight is 334 g/mol. The summed E-state index contributed by atoms with van der Waals surface area (Å²) in [5.41, 5.74) is 0.722. The Balaban J connectivity index is 1.82. The molecule has 6 nitrogen and oxygen atoms in total. The molecule has 6 heteroatoms. The molecule has 2 rings (SSSR count). The molecule has 1 fully saturated rings. The van der Waals surface area contributed by atoms with Crippen LogP contribution in [0.5, 0.6) is 0 Å². The van der Waals surface area contributed by atoms with Crippen LogP contribution in [-0.4, -0.2) is 35.7 Å². The van der Waals surface area contributed by atoms with E-state index in [1.807, 2.05) is 26.8 Å². The first-order valence-electron chi connectivity index (χ1n) is 8.32. The van der Waals surface area contributed by atoms with E-state index in [-0.39, 0.29) is 17.6 Å². The van der Waals surface area contributed by atoms with Crippen LogP contribution in [0.3, 0.4) is 0 Å². The zero-order valence-corrected chi connectivity index (χ0v) is 14.8. The van der Waals surface area contributed by atoms with E-state index in [4.69, 9.17) is 4.74 Å². The number of ether oxygens (including phenoxy) is 2. The van der Waals surface area contributed by atoms with Gasteiger partial charge in [0, 0.05) is 6.04 Å². The molecule has 0 aliphatic heterocycles. The van der Waals surface area contributed by atoms with E-state index in [9.17, 15) is 9.59 Å². The third-order valence-electron chi connectivity index (χ3n) is 4.00. The second-order valence-electron chi connectivity index (χ2n) is 7.15. The molecule has 0 amide bonds. The van der Waals surface area contributed by atoms with Crippen molar-refractivity contribution in [3.63, 3.8) is 0 Å². The normalized spacial score (nSPS) is 21.0. The first kappa shape index (κ1) is 18.2. The van der Waals surface area contributed by atoms with Crippen LogP contribution >= 0.6 is 0 Å². The molecule has 0 spiro atoms. The summed E-state index contributed by atoms with van der Waals surface area (Å²) in [5.74, 6) is -0.549. The van der Waals surface area contributed by atoms with E-state index in [0.29, 0.717) is 6.04 Å². The second kappa shape index (κ2) is 7.64. The molecule has 0 radical (unpaired) electrons. The van der Waals surface area contributed by atoms with Crippen LogP contribution < -0.4 is 5.32 Å². The average Bonchev–Trinajstić information content (AvgIpc) is 2.54. The van der Waals surface area contributed by atoms with Crippen LogP contribution in [-0.2, 0) is 14.3 Å². The van der Waals surface area contributed by atoms with Crippen LogP contribution in [0.25, 0.3) is 0 Å². The molecule has 1 aromatic rings. The van der Waals surface area contributed by atoms with E-state index in [1.54, 1.807) is 12.3 Å². The molecule has 24 heavy (non-hydrogen) atoms. The van der Waals surface area contributed by atoms with Crippen molar-refractivity contribution in [2.24, 2.45) is 5.92 Å². The van der Waals surface area contributed by atoms with Crippen molar-refractivity contribution in [3.8, 4) is 0 Å². The monoisotopic (exact) mass is 334 g/mol. The predicted molar refractivity (Wildman–Crippen MR) is 90.8 cm³/mol. The summed E-state index contributed by atoms with van der Waals surface area (Å²) >= 11 is 0. The fourth-order valence-corrected chi connectivity index (χ4v) is 2.80. The molecule has 0 bridgehead atoms. The second-order valence-corrected chi connectivity index (χ2v) is 7.15.